The summed E-state index contributed by atoms with van der Waals surface area (Å²) < 4.78 is 0. The van der Waals surface area contributed by atoms with E-state index in [1.165, 1.54) is 0 Å². The van der Waals surface area contributed by atoms with Crippen LogP contribution in [0, 0.1) is 19.8 Å². The summed E-state index contributed by atoms with van der Waals surface area (Å²) in [6.07, 6.45) is 2.79. The molecule has 0 saturated carbocycles. The zero-order chi connectivity index (χ0) is 14.0. The van der Waals surface area contributed by atoms with Crippen molar-refractivity contribution >= 4 is 12.2 Å². The number of piperidine rings is 1. The number of aldehydes is 1. The van der Waals surface area contributed by atoms with Crippen LogP contribution in [-0.2, 0) is 4.79 Å². The Morgan fingerprint density at radius 1 is 1.32 bits per heavy atom. The van der Waals surface area contributed by atoms with Gasteiger partial charge in [-0.1, -0.05) is 18.2 Å². The maximum Gasteiger partial charge on any atom is 0.254 e. The van der Waals surface area contributed by atoms with Crippen LogP contribution in [-0.4, -0.2) is 29.7 Å². The molecule has 1 aromatic rings. The molecule has 0 N–H and O–H groups in total. The van der Waals surface area contributed by atoms with Gasteiger partial charge < -0.3 is 9.69 Å². The number of likely N-dealkylation sites (tertiary alicyclic amines) is 1. The Labute approximate surface area is 114 Å². The maximum atomic E-state index is 12.7. The van der Waals surface area contributed by atoms with Gasteiger partial charge in [-0.2, -0.15) is 0 Å². The van der Waals surface area contributed by atoms with Gasteiger partial charge in [0.1, 0.15) is 6.29 Å². The van der Waals surface area contributed by atoms with Crippen LogP contribution in [0.25, 0.3) is 0 Å². The van der Waals surface area contributed by atoms with Crippen molar-refractivity contribution in [1.82, 2.24) is 4.90 Å². The molecule has 3 nitrogen and oxygen atoms in total. The second-order valence-corrected chi connectivity index (χ2v) is 5.45. The molecule has 1 amide bonds. The third-order valence-electron chi connectivity index (χ3n) is 4.18. The van der Waals surface area contributed by atoms with Gasteiger partial charge in [-0.15, -0.1) is 0 Å². The number of nitrogens with zero attached hydrogens (tertiary/aromatic N) is 1. The van der Waals surface area contributed by atoms with Gasteiger partial charge in [0.15, 0.2) is 0 Å². The quantitative estimate of drug-likeness (QED) is 0.766. The average molecular weight is 259 g/mol. The number of carbonyl (C=O) groups excluding carboxylic acids is 2. The van der Waals surface area contributed by atoms with Crippen molar-refractivity contribution < 1.29 is 9.59 Å². The van der Waals surface area contributed by atoms with Crippen molar-refractivity contribution in [2.75, 3.05) is 6.54 Å². The molecule has 1 aliphatic rings. The lowest BCUT2D eigenvalue weighted by molar-refractivity contribution is -0.113. The van der Waals surface area contributed by atoms with E-state index in [-0.39, 0.29) is 17.9 Å². The molecule has 19 heavy (non-hydrogen) atoms. The fraction of sp³-hybridized carbons (Fsp3) is 0.500. The van der Waals surface area contributed by atoms with Gasteiger partial charge in [-0.3, -0.25) is 4.79 Å². The Hall–Kier alpha value is -1.64. The number of aryl methyl sites for hydroxylation is 2. The average Bonchev–Trinajstić information content (AvgIpc) is 2.38. The molecular weight excluding hydrogens is 238 g/mol. The highest BCUT2D eigenvalue weighted by atomic mass is 16.2. The molecule has 0 radical (unpaired) electrons. The van der Waals surface area contributed by atoms with Gasteiger partial charge in [0.2, 0.25) is 0 Å². The lowest BCUT2D eigenvalue weighted by Crippen LogP contribution is -2.47. The molecule has 0 unspecified atom stereocenters. The predicted octanol–water partition coefficient (Wildman–Crippen LogP) is 2.74. The Balaban J connectivity index is 2.31. The Morgan fingerprint density at radius 2 is 1.95 bits per heavy atom. The summed E-state index contributed by atoms with van der Waals surface area (Å²) in [6.45, 7) is 6.65. The molecule has 2 rings (SSSR count). The first kappa shape index (κ1) is 13.8. The van der Waals surface area contributed by atoms with Crippen LogP contribution < -0.4 is 0 Å². The summed E-state index contributed by atoms with van der Waals surface area (Å²) in [5.74, 6) is 0.0386. The third kappa shape index (κ3) is 2.55. The SMILES string of the molecule is Cc1cccc(C)c1C(=O)N1CCC[C@H](C=O)[C@@H]1C. The molecule has 1 aliphatic heterocycles. The fourth-order valence-corrected chi connectivity index (χ4v) is 2.94. The summed E-state index contributed by atoms with van der Waals surface area (Å²) in [5.41, 5.74) is 2.80. The molecule has 0 aromatic heterocycles. The van der Waals surface area contributed by atoms with E-state index in [1.54, 1.807) is 0 Å². The summed E-state index contributed by atoms with van der Waals surface area (Å²) in [4.78, 5) is 25.7. The minimum absolute atomic E-state index is 0.00208. The van der Waals surface area contributed by atoms with E-state index in [0.717, 1.165) is 42.4 Å². The summed E-state index contributed by atoms with van der Waals surface area (Å²) in [7, 11) is 0. The van der Waals surface area contributed by atoms with Crippen LogP contribution in [0.1, 0.15) is 41.3 Å². The van der Waals surface area contributed by atoms with Crippen molar-refractivity contribution in [2.24, 2.45) is 5.92 Å². The second kappa shape index (κ2) is 5.55. The molecule has 0 aliphatic carbocycles. The predicted molar refractivity (Wildman–Crippen MR) is 75.2 cm³/mol. The lowest BCUT2D eigenvalue weighted by atomic mass is 9.90. The number of amides is 1. The first-order valence-electron chi connectivity index (χ1n) is 6.88. The smallest absolute Gasteiger partial charge is 0.254 e. The molecule has 2 atom stereocenters. The van der Waals surface area contributed by atoms with E-state index in [4.69, 9.17) is 0 Å². The third-order valence-corrected chi connectivity index (χ3v) is 4.18. The Bertz CT molecular complexity index is 475. The summed E-state index contributed by atoms with van der Waals surface area (Å²) in [5, 5.41) is 0. The first-order chi connectivity index (χ1) is 9.06. The topological polar surface area (TPSA) is 37.4 Å². The highest BCUT2D eigenvalue weighted by Gasteiger charge is 2.32. The Morgan fingerprint density at radius 3 is 2.53 bits per heavy atom. The summed E-state index contributed by atoms with van der Waals surface area (Å²) in [6, 6.07) is 5.89. The van der Waals surface area contributed by atoms with Crippen molar-refractivity contribution in [3.63, 3.8) is 0 Å². The minimum Gasteiger partial charge on any atom is -0.335 e. The van der Waals surface area contributed by atoms with Gasteiger partial charge in [0.05, 0.1) is 0 Å². The van der Waals surface area contributed by atoms with E-state index >= 15 is 0 Å². The molecule has 1 fully saturated rings. The van der Waals surface area contributed by atoms with Crippen molar-refractivity contribution in [3.8, 4) is 0 Å². The number of rotatable bonds is 2. The standard InChI is InChI=1S/C16H21NO2/c1-11-6-4-7-12(2)15(11)16(19)17-9-5-8-14(10-18)13(17)3/h4,6-7,10,13-14H,5,8-9H2,1-3H3/t13-,14+/m0/s1. The lowest BCUT2D eigenvalue weighted by Gasteiger charge is -2.37. The Kier molecular flexibility index (Phi) is 4.03. The largest absolute Gasteiger partial charge is 0.335 e. The minimum atomic E-state index is -0.0259. The molecule has 3 heteroatoms. The van der Waals surface area contributed by atoms with Gasteiger partial charge >= 0.3 is 0 Å². The van der Waals surface area contributed by atoms with E-state index in [2.05, 4.69) is 0 Å². The van der Waals surface area contributed by atoms with E-state index in [9.17, 15) is 9.59 Å². The molecule has 1 heterocycles. The second-order valence-electron chi connectivity index (χ2n) is 5.45. The van der Waals surface area contributed by atoms with Crippen LogP contribution in [0.3, 0.4) is 0 Å². The summed E-state index contributed by atoms with van der Waals surface area (Å²) >= 11 is 0. The fourth-order valence-electron chi connectivity index (χ4n) is 2.94. The van der Waals surface area contributed by atoms with E-state index in [1.807, 2.05) is 43.9 Å². The molecular formula is C16H21NO2. The van der Waals surface area contributed by atoms with Gasteiger partial charge in [-0.25, -0.2) is 0 Å². The zero-order valence-corrected chi connectivity index (χ0v) is 11.8. The highest BCUT2D eigenvalue weighted by molar-refractivity contribution is 5.97. The molecule has 0 spiro atoms. The maximum absolute atomic E-state index is 12.7. The molecule has 102 valence electrons. The van der Waals surface area contributed by atoms with Crippen molar-refractivity contribution in [3.05, 3.63) is 34.9 Å². The van der Waals surface area contributed by atoms with Gasteiger partial charge in [0, 0.05) is 24.1 Å². The van der Waals surface area contributed by atoms with Crippen molar-refractivity contribution in [1.29, 1.82) is 0 Å². The van der Waals surface area contributed by atoms with Crippen LogP contribution in [0.5, 0.6) is 0 Å². The number of carbonyl (C=O) groups is 2. The molecule has 1 saturated heterocycles. The van der Waals surface area contributed by atoms with E-state index in [0.29, 0.717) is 0 Å². The van der Waals surface area contributed by atoms with Gasteiger partial charge in [-0.05, 0) is 44.7 Å². The number of hydrogen-bond acceptors (Lipinski definition) is 2. The van der Waals surface area contributed by atoms with Gasteiger partial charge in [0.25, 0.3) is 5.91 Å². The first-order valence-corrected chi connectivity index (χ1v) is 6.88. The van der Waals surface area contributed by atoms with E-state index < -0.39 is 0 Å². The number of benzene rings is 1. The van der Waals surface area contributed by atoms with Crippen LogP contribution in [0.15, 0.2) is 18.2 Å². The number of hydrogen-bond donors (Lipinski definition) is 0. The van der Waals surface area contributed by atoms with Crippen molar-refractivity contribution in [2.45, 2.75) is 39.7 Å². The zero-order valence-electron chi connectivity index (χ0n) is 11.8. The normalized spacial score (nSPS) is 23.2. The molecule has 0 bridgehead atoms. The molecule has 1 aromatic carbocycles. The highest BCUT2D eigenvalue weighted by Crippen LogP contribution is 2.25. The van der Waals surface area contributed by atoms with Crippen LogP contribution >= 0.6 is 0 Å². The monoisotopic (exact) mass is 259 g/mol. The van der Waals surface area contributed by atoms with Crippen LogP contribution in [0.2, 0.25) is 0 Å². The van der Waals surface area contributed by atoms with Crippen LogP contribution in [0.4, 0.5) is 0 Å².